The van der Waals surface area contributed by atoms with Crippen molar-refractivity contribution in [2.45, 2.75) is 5.41 Å². The highest BCUT2D eigenvalue weighted by molar-refractivity contribution is 7.26. The van der Waals surface area contributed by atoms with Gasteiger partial charge in [-0.15, -0.1) is 11.3 Å². The monoisotopic (exact) mass is 731 g/mol. The van der Waals surface area contributed by atoms with E-state index < -0.39 is 5.41 Å². The van der Waals surface area contributed by atoms with Crippen LogP contribution >= 0.6 is 11.3 Å². The SMILES string of the molecule is c1ccc2c(c1)Oc1cc3c4ccccc4n(-c4nc(-c5cccc6ccccc56)c5sc6ccccc6c5n4)c3cc1C21c2ccccc2-c2ccccc21. The van der Waals surface area contributed by atoms with Gasteiger partial charge >= 0.3 is 0 Å². The molecule has 11 aromatic rings. The van der Waals surface area contributed by atoms with Gasteiger partial charge in [-0.25, -0.2) is 9.97 Å². The smallest absolute Gasteiger partial charge is 0.235 e. The first-order chi connectivity index (χ1) is 27.8. The van der Waals surface area contributed by atoms with E-state index in [1.54, 1.807) is 11.3 Å². The maximum atomic E-state index is 6.94. The summed E-state index contributed by atoms with van der Waals surface area (Å²) in [6, 6.07) is 63.3. The van der Waals surface area contributed by atoms with Gasteiger partial charge in [0.1, 0.15) is 11.5 Å². The number of aromatic nitrogens is 3. The van der Waals surface area contributed by atoms with Crippen LogP contribution in [-0.2, 0) is 5.41 Å². The van der Waals surface area contributed by atoms with Gasteiger partial charge in [0.05, 0.1) is 32.4 Å². The Morgan fingerprint density at radius 1 is 0.464 bits per heavy atom. The molecule has 0 unspecified atom stereocenters. The van der Waals surface area contributed by atoms with E-state index in [4.69, 9.17) is 14.7 Å². The zero-order chi connectivity index (χ0) is 36.5. The largest absolute Gasteiger partial charge is 0.457 e. The molecule has 4 nitrogen and oxygen atoms in total. The minimum absolute atomic E-state index is 0.588. The predicted molar refractivity (Wildman–Crippen MR) is 230 cm³/mol. The molecule has 260 valence electrons. The number of thiophene rings is 1. The lowest BCUT2D eigenvalue weighted by atomic mass is 9.66. The molecule has 0 fully saturated rings. The van der Waals surface area contributed by atoms with Crippen LogP contribution in [0.2, 0.25) is 0 Å². The van der Waals surface area contributed by atoms with Crippen LogP contribution in [0.1, 0.15) is 22.3 Å². The third-order valence-electron chi connectivity index (χ3n) is 12.1. The Morgan fingerprint density at radius 2 is 1.11 bits per heavy atom. The second-order valence-electron chi connectivity index (χ2n) is 14.8. The normalized spacial score (nSPS) is 13.6. The minimum Gasteiger partial charge on any atom is -0.457 e. The number of nitrogens with zero attached hydrogens (tertiary/aromatic N) is 3. The standard InChI is InChI=1S/C51H29N3OS/c1-2-16-31-30(14-1)15-13-21-35(31)47-49-48(36-20-6-12-27-46(36)56-49)53-50(52-47)54-42-25-10-5-19-34(42)37-28-45-41(29-43(37)54)51(40-24-9-11-26-44(40)55-45)38-22-7-3-17-32(38)33-18-4-8-23-39(33)51/h1-29H. The molecular formula is C51H29N3OS. The number of para-hydroxylation sites is 2. The second kappa shape index (κ2) is 11.0. The highest BCUT2D eigenvalue weighted by atomic mass is 32.1. The maximum Gasteiger partial charge on any atom is 0.235 e. The molecule has 8 aromatic carbocycles. The zero-order valence-electron chi connectivity index (χ0n) is 29.9. The van der Waals surface area contributed by atoms with E-state index in [-0.39, 0.29) is 0 Å². The van der Waals surface area contributed by atoms with E-state index in [1.807, 2.05) is 0 Å². The lowest BCUT2D eigenvalue weighted by Gasteiger charge is -2.39. The Balaban J connectivity index is 1.18. The van der Waals surface area contributed by atoms with E-state index >= 15 is 0 Å². The van der Waals surface area contributed by atoms with Crippen molar-refractivity contribution in [2.24, 2.45) is 0 Å². The van der Waals surface area contributed by atoms with Crippen LogP contribution in [0.15, 0.2) is 176 Å². The summed E-state index contributed by atoms with van der Waals surface area (Å²) < 4.78 is 11.5. The molecule has 0 atom stereocenters. The lowest BCUT2D eigenvalue weighted by molar-refractivity contribution is 0.437. The van der Waals surface area contributed by atoms with Gasteiger partial charge in [0.2, 0.25) is 5.95 Å². The first-order valence-electron chi connectivity index (χ1n) is 19.0. The highest BCUT2D eigenvalue weighted by Crippen LogP contribution is 2.62. The summed E-state index contributed by atoms with van der Waals surface area (Å²) in [4.78, 5) is 11.1. The molecule has 0 radical (unpaired) electrons. The number of benzene rings is 8. The van der Waals surface area contributed by atoms with Crippen LogP contribution in [-0.4, -0.2) is 14.5 Å². The van der Waals surface area contributed by atoms with Gasteiger partial charge < -0.3 is 4.74 Å². The quantitative estimate of drug-likeness (QED) is 0.178. The van der Waals surface area contributed by atoms with Gasteiger partial charge in [0.15, 0.2) is 0 Å². The van der Waals surface area contributed by atoms with E-state index in [0.717, 1.165) is 71.3 Å². The number of fused-ring (bicyclic) bond motifs is 16. The first kappa shape index (κ1) is 30.3. The Kier molecular flexibility index (Phi) is 5.95. The fraction of sp³-hybridized carbons (Fsp3) is 0.0196. The van der Waals surface area contributed by atoms with Crippen LogP contribution in [0.3, 0.4) is 0 Å². The van der Waals surface area contributed by atoms with Crippen molar-refractivity contribution in [3.05, 3.63) is 198 Å². The predicted octanol–water partition coefficient (Wildman–Crippen LogP) is 13.2. The van der Waals surface area contributed by atoms with Gasteiger partial charge in [0, 0.05) is 37.5 Å². The lowest BCUT2D eigenvalue weighted by Crippen LogP contribution is -2.32. The third-order valence-corrected chi connectivity index (χ3v) is 13.3. The number of hydrogen-bond acceptors (Lipinski definition) is 4. The summed E-state index contributed by atoms with van der Waals surface area (Å²) in [5.74, 6) is 2.39. The van der Waals surface area contributed by atoms with Crippen LogP contribution in [0.5, 0.6) is 11.5 Å². The molecule has 0 saturated heterocycles. The highest BCUT2D eigenvalue weighted by Gasteiger charge is 2.51. The van der Waals surface area contributed by atoms with Crippen LogP contribution in [0.4, 0.5) is 0 Å². The summed E-state index contributed by atoms with van der Waals surface area (Å²) in [7, 11) is 0. The molecule has 0 bridgehead atoms. The van der Waals surface area contributed by atoms with Gasteiger partial charge in [-0.05, 0) is 63.4 Å². The molecule has 1 aliphatic heterocycles. The Hall–Kier alpha value is -7.08. The molecular weight excluding hydrogens is 703 g/mol. The van der Waals surface area contributed by atoms with E-state index in [1.165, 1.54) is 37.7 Å². The molecule has 4 heterocycles. The van der Waals surface area contributed by atoms with Gasteiger partial charge in [0.25, 0.3) is 0 Å². The second-order valence-corrected chi connectivity index (χ2v) is 15.9. The zero-order valence-corrected chi connectivity index (χ0v) is 30.7. The van der Waals surface area contributed by atoms with E-state index in [2.05, 4.69) is 180 Å². The first-order valence-corrected chi connectivity index (χ1v) is 19.8. The summed E-state index contributed by atoms with van der Waals surface area (Å²) in [6.45, 7) is 0. The third kappa shape index (κ3) is 3.82. The van der Waals surface area contributed by atoms with E-state index in [0.29, 0.717) is 5.95 Å². The topological polar surface area (TPSA) is 39.9 Å². The maximum absolute atomic E-state index is 6.94. The molecule has 0 saturated carbocycles. The van der Waals surface area contributed by atoms with Crippen LogP contribution in [0, 0.1) is 0 Å². The van der Waals surface area contributed by atoms with Crippen molar-refractivity contribution in [3.63, 3.8) is 0 Å². The minimum atomic E-state index is -0.588. The van der Waals surface area contributed by atoms with Crippen molar-refractivity contribution in [2.75, 3.05) is 0 Å². The van der Waals surface area contributed by atoms with Crippen LogP contribution < -0.4 is 4.74 Å². The number of hydrogen-bond donors (Lipinski definition) is 0. The summed E-state index contributed by atoms with van der Waals surface area (Å²) in [5.41, 5.74) is 11.8. The average Bonchev–Trinajstić information content (AvgIpc) is 3.89. The fourth-order valence-electron chi connectivity index (χ4n) is 9.83. The van der Waals surface area contributed by atoms with Gasteiger partial charge in [-0.1, -0.05) is 146 Å². The van der Waals surface area contributed by atoms with Crippen molar-refractivity contribution in [3.8, 4) is 39.8 Å². The van der Waals surface area contributed by atoms with Crippen molar-refractivity contribution in [1.29, 1.82) is 0 Å². The van der Waals surface area contributed by atoms with Crippen molar-refractivity contribution in [1.82, 2.24) is 14.5 Å². The fourth-order valence-corrected chi connectivity index (χ4v) is 11.0. The molecule has 13 rings (SSSR count). The molecule has 2 aliphatic rings. The Morgan fingerprint density at radius 3 is 1.95 bits per heavy atom. The summed E-state index contributed by atoms with van der Waals surface area (Å²) in [6.07, 6.45) is 0. The molecule has 0 N–H and O–H groups in total. The molecule has 3 aromatic heterocycles. The Bertz CT molecular complexity index is 3430. The summed E-state index contributed by atoms with van der Waals surface area (Å²) in [5, 5.41) is 5.72. The molecule has 5 heteroatoms. The van der Waals surface area contributed by atoms with E-state index in [9.17, 15) is 0 Å². The number of rotatable bonds is 2. The molecule has 0 amide bonds. The molecule has 56 heavy (non-hydrogen) atoms. The van der Waals surface area contributed by atoms with Crippen LogP contribution in [0.25, 0.3) is 81.2 Å². The number of ether oxygens (including phenoxy) is 1. The van der Waals surface area contributed by atoms with Gasteiger partial charge in [-0.2, -0.15) is 0 Å². The van der Waals surface area contributed by atoms with Crippen molar-refractivity contribution >= 4 is 64.2 Å². The molecule has 1 aliphatic carbocycles. The summed E-state index contributed by atoms with van der Waals surface area (Å²) >= 11 is 1.77. The average molecular weight is 732 g/mol. The Labute approximate surface area is 325 Å². The molecule has 1 spiro atoms. The van der Waals surface area contributed by atoms with Gasteiger partial charge in [-0.3, -0.25) is 4.57 Å². The van der Waals surface area contributed by atoms with Crippen molar-refractivity contribution < 1.29 is 4.74 Å².